The molecule has 2 aliphatic rings. The van der Waals surface area contributed by atoms with Gasteiger partial charge in [0.25, 0.3) is 0 Å². The van der Waals surface area contributed by atoms with Crippen LogP contribution in [-0.4, -0.2) is 47.2 Å². The fraction of sp³-hybridized carbons (Fsp3) is 0.750. The molecule has 0 bridgehead atoms. The van der Waals surface area contributed by atoms with Crippen molar-refractivity contribution >= 4 is 10.0 Å². The highest BCUT2D eigenvalue weighted by Gasteiger charge is 2.30. The second-order valence-corrected chi connectivity index (χ2v) is 7.31. The van der Waals surface area contributed by atoms with Crippen molar-refractivity contribution in [2.24, 2.45) is 0 Å². The zero-order valence-corrected chi connectivity index (χ0v) is 11.8. The monoisotopic (exact) mass is 284 g/mol. The van der Waals surface area contributed by atoms with Crippen molar-refractivity contribution in [3.05, 3.63) is 18.2 Å². The second-order valence-electron chi connectivity index (χ2n) is 5.30. The van der Waals surface area contributed by atoms with Gasteiger partial charge in [0.1, 0.15) is 5.82 Å². The number of nitrogens with one attached hydrogen (secondary N) is 1. The van der Waals surface area contributed by atoms with Crippen LogP contribution in [-0.2, 0) is 23.1 Å². The SMILES string of the molecule is O=S(=O)(CC1CCCCN1)N1CCn2ccnc2C1. The van der Waals surface area contributed by atoms with Crippen LogP contribution in [0.5, 0.6) is 0 Å². The quantitative estimate of drug-likeness (QED) is 0.859. The van der Waals surface area contributed by atoms with E-state index in [1.165, 1.54) is 0 Å². The molecule has 19 heavy (non-hydrogen) atoms. The lowest BCUT2D eigenvalue weighted by Crippen LogP contribution is -2.46. The van der Waals surface area contributed by atoms with E-state index in [0.29, 0.717) is 19.6 Å². The first kappa shape index (κ1) is 13.1. The summed E-state index contributed by atoms with van der Waals surface area (Å²) >= 11 is 0. The number of aromatic nitrogens is 2. The maximum absolute atomic E-state index is 12.4. The van der Waals surface area contributed by atoms with Crippen LogP contribution in [0.25, 0.3) is 0 Å². The summed E-state index contributed by atoms with van der Waals surface area (Å²) in [5.41, 5.74) is 0. The minimum Gasteiger partial charge on any atom is -0.333 e. The first-order valence-corrected chi connectivity index (χ1v) is 8.47. The molecular weight excluding hydrogens is 264 g/mol. The van der Waals surface area contributed by atoms with Crippen LogP contribution in [0.1, 0.15) is 25.1 Å². The van der Waals surface area contributed by atoms with Gasteiger partial charge in [-0.2, -0.15) is 4.31 Å². The molecule has 1 aromatic heterocycles. The van der Waals surface area contributed by atoms with E-state index in [2.05, 4.69) is 10.3 Å². The zero-order valence-electron chi connectivity index (χ0n) is 11.0. The van der Waals surface area contributed by atoms with Gasteiger partial charge in [0.2, 0.25) is 10.0 Å². The number of hydrogen-bond acceptors (Lipinski definition) is 4. The highest BCUT2D eigenvalue weighted by molar-refractivity contribution is 7.89. The summed E-state index contributed by atoms with van der Waals surface area (Å²) < 4.78 is 28.5. The fourth-order valence-electron chi connectivity index (χ4n) is 2.81. The number of rotatable bonds is 3. The molecule has 0 saturated carbocycles. The molecule has 3 rings (SSSR count). The van der Waals surface area contributed by atoms with E-state index >= 15 is 0 Å². The predicted octanol–water partition coefficient (Wildman–Crippen LogP) is 0.171. The molecule has 7 heteroatoms. The van der Waals surface area contributed by atoms with Crippen molar-refractivity contribution in [3.8, 4) is 0 Å². The van der Waals surface area contributed by atoms with E-state index in [9.17, 15) is 8.42 Å². The van der Waals surface area contributed by atoms with Crippen LogP contribution in [0.4, 0.5) is 0 Å². The van der Waals surface area contributed by atoms with Gasteiger partial charge in [0.05, 0.1) is 12.3 Å². The van der Waals surface area contributed by atoms with Crippen LogP contribution in [0, 0.1) is 0 Å². The summed E-state index contributed by atoms with van der Waals surface area (Å²) in [6.07, 6.45) is 6.87. The Labute approximate surface area is 113 Å². The highest BCUT2D eigenvalue weighted by Crippen LogP contribution is 2.17. The smallest absolute Gasteiger partial charge is 0.216 e. The molecule has 0 aliphatic carbocycles. The van der Waals surface area contributed by atoms with Crippen molar-refractivity contribution in [2.45, 2.75) is 38.4 Å². The van der Waals surface area contributed by atoms with Crippen molar-refractivity contribution in [2.75, 3.05) is 18.8 Å². The summed E-state index contributed by atoms with van der Waals surface area (Å²) in [6.45, 7) is 2.59. The van der Waals surface area contributed by atoms with Crippen LogP contribution >= 0.6 is 0 Å². The van der Waals surface area contributed by atoms with Gasteiger partial charge in [0.15, 0.2) is 0 Å². The van der Waals surface area contributed by atoms with Gasteiger partial charge >= 0.3 is 0 Å². The molecule has 6 nitrogen and oxygen atoms in total. The molecule has 1 atom stereocenters. The Balaban J connectivity index is 1.67. The van der Waals surface area contributed by atoms with Gasteiger partial charge in [-0.05, 0) is 19.4 Å². The van der Waals surface area contributed by atoms with Crippen molar-refractivity contribution in [3.63, 3.8) is 0 Å². The number of fused-ring (bicyclic) bond motifs is 1. The normalized spacial score (nSPS) is 25.2. The summed E-state index contributed by atoms with van der Waals surface area (Å²) in [4.78, 5) is 4.21. The van der Waals surface area contributed by atoms with Gasteiger partial charge in [0, 0.05) is 31.5 Å². The third-order valence-electron chi connectivity index (χ3n) is 3.93. The Morgan fingerprint density at radius 3 is 3.05 bits per heavy atom. The van der Waals surface area contributed by atoms with Crippen molar-refractivity contribution in [1.82, 2.24) is 19.2 Å². The average molecular weight is 284 g/mol. The third-order valence-corrected chi connectivity index (χ3v) is 5.85. The summed E-state index contributed by atoms with van der Waals surface area (Å²) in [6, 6.07) is 0.112. The molecule has 2 aliphatic heterocycles. The third kappa shape index (κ3) is 2.82. The van der Waals surface area contributed by atoms with E-state index in [0.717, 1.165) is 31.6 Å². The largest absolute Gasteiger partial charge is 0.333 e. The van der Waals surface area contributed by atoms with Crippen LogP contribution in [0.3, 0.4) is 0 Å². The van der Waals surface area contributed by atoms with Gasteiger partial charge in [-0.25, -0.2) is 13.4 Å². The Hall–Kier alpha value is -0.920. The maximum atomic E-state index is 12.4. The number of imidazole rings is 1. The topological polar surface area (TPSA) is 67.2 Å². The predicted molar refractivity (Wildman–Crippen MR) is 72.1 cm³/mol. The van der Waals surface area contributed by atoms with E-state index in [4.69, 9.17) is 0 Å². The highest BCUT2D eigenvalue weighted by atomic mass is 32.2. The molecule has 0 amide bonds. The number of sulfonamides is 1. The molecule has 1 unspecified atom stereocenters. The van der Waals surface area contributed by atoms with Crippen LogP contribution < -0.4 is 5.32 Å². The van der Waals surface area contributed by atoms with Gasteiger partial charge in [-0.1, -0.05) is 6.42 Å². The molecule has 1 aromatic rings. The van der Waals surface area contributed by atoms with Gasteiger partial charge < -0.3 is 9.88 Å². The minimum absolute atomic E-state index is 0.112. The lowest BCUT2D eigenvalue weighted by atomic mass is 10.1. The number of nitrogens with zero attached hydrogens (tertiary/aromatic N) is 3. The van der Waals surface area contributed by atoms with Crippen molar-refractivity contribution in [1.29, 1.82) is 0 Å². The molecule has 1 fully saturated rings. The molecule has 0 spiro atoms. The summed E-state index contributed by atoms with van der Waals surface area (Å²) in [5.74, 6) is 1.06. The second kappa shape index (κ2) is 5.22. The van der Waals surface area contributed by atoms with Crippen molar-refractivity contribution < 1.29 is 8.42 Å². The van der Waals surface area contributed by atoms with E-state index in [1.807, 2.05) is 10.8 Å². The lowest BCUT2D eigenvalue weighted by Gasteiger charge is -2.30. The standard InChI is InChI=1S/C12H20N4O2S/c17-19(18,10-11-3-1-2-4-13-11)16-8-7-15-6-5-14-12(15)9-16/h5-6,11,13H,1-4,7-10H2. The molecule has 0 aromatic carbocycles. The van der Waals surface area contributed by atoms with Gasteiger partial charge in [-0.3, -0.25) is 0 Å². The molecular formula is C12H20N4O2S. The Morgan fingerprint density at radius 2 is 2.26 bits per heavy atom. The zero-order chi connectivity index (χ0) is 13.3. The van der Waals surface area contributed by atoms with E-state index in [1.54, 1.807) is 10.5 Å². The molecule has 1 N–H and O–H groups in total. The molecule has 3 heterocycles. The first-order valence-electron chi connectivity index (χ1n) is 6.86. The van der Waals surface area contributed by atoms with Crippen LogP contribution in [0.15, 0.2) is 12.4 Å². The summed E-state index contributed by atoms with van der Waals surface area (Å²) in [7, 11) is -3.19. The van der Waals surface area contributed by atoms with E-state index in [-0.39, 0.29) is 11.8 Å². The number of hydrogen-bond donors (Lipinski definition) is 1. The van der Waals surface area contributed by atoms with E-state index < -0.39 is 10.0 Å². The minimum atomic E-state index is -3.19. The molecule has 0 radical (unpaired) electrons. The Bertz CT molecular complexity index is 534. The molecule has 1 saturated heterocycles. The van der Waals surface area contributed by atoms with Gasteiger partial charge in [-0.15, -0.1) is 0 Å². The van der Waals surface area contributed by atoms with Crippen LogP contribution in [0.2, 0.25) is 0 Å². The Kier molecular flexibility index (Phi) is 3.60. The maximum Gasteiger partial charge on any atom is 0.216 e. The lowest BCUT2D eigenvalue weighted by molar-refractivity contribution is 0.329. The average Bonchev–Trinajstić information content (AvgIpc) is 2.86. The number of piperidine rings is 1. The first-order chi connectivity index (χ1) is 9.15. The summed E-state index contributed by atoms with van der Waals surface area (Å²) in [5, 5.41) is 3.30. The Morgan fingerprint density at radius 1 is 1.37 bits per heavy atom. The molecule has 106 valence electrons. The fourth-order valence-corrected chi connectivity index (χ4v) is 4.49.